The third-order valence-electron chi connectivity index (χ3n) is 5.45. The number of aliphatic hydroxyl groups is 1. The van der Waals surface area contributed by atoms with Gasteiger partial charge in [0.15, 0.2) is 0 Å². The number of carbonyl (C=O) groups excluding carboxylic acids is 1. The number of carboxylic acid groups (broad SMARTS) is 1. The second-order valence-corrected chi connectivity index (χ2v) is 10.2. The minimum atomic E-state index is -2.63. The third-order valence-corrected chi connectivity index (χ3v) is 8.28. The maximum Gasteiger partial charge on any atom is 0.500 e. The van der Waals surface area contributed by atoms with Crippen LogP contribution in [-0.2, 0) is 32.3 Å². The highest BCUT2D eigenvalue weighted by atomic mass is 28.4. The number of allylic oxidation sites excluding steroid dienone is 2. The zero-order valence-corrected chi connectivity index (χ0v) is 17.5. The second kappa shape index (κ2) is 10.5. The van der Waals surface area contributed by atoms with Gasteiger partial charge in [-0.25, -0.2) is 0 Å². The molecule has 0 radical (unpaired) electrons. The summed E-state index contributed by atoms with van der Waals surface area (Å²) in [6, 6.07) is 0.579. The molecule has 0 amide bonds. The van der Waals surface area contributed by atoms with Gasteiger partial charge in [0.25, 0.3) is 0 Å². The normalized spacial score (nSPS) is 27.1. The molecule has 9 nitrogen and oxygen atoms in total. The molecule has 2 bridgehead atoms. The molecule has 160 valence electrons. The van der Waals surface area contributed by atoms with Gasteiger partial charge in [-0.1, -0.05) is 12.2 Å². The van der Waals surface area contributed by atoms with Crippen molar-refractivity contribution >= 4 is 20.7 Å². The first-order chi connectivity index (χ1) is 13.4. The van der Waals surface area contributed by atoms with E-state index in [1.807, 2.05) is 12.2 Å². The molecule has 0 saturated heterocycles. The lowest BCUT2D eigenvalue weighted by Gasteiger charge is -2.24. The van der Waals surface area contributed by atoms with Gasteiger partial charge in [0.05, 0.1) is 18.4 Å². The standard InChI is InChI=1S/C18H30O9Si/c1-23-28(24-2,25-3)8-4-7-26-10-14(19)11-27-18(22)16-13-6-5-12(9-13)15(16)17(20)21/h5-6,12-16,19H,4,7-11H2,1-3H3,(H,20,21). The van der Waals surface area contributed by atoms with E-state index in [1.165, 1.54) is 0 Å². The molecular formula is C18H30O9Si. The van der Waals surface area contributed by atoms with Gasteiger partial charge in [-0.2, -0.15) is 0 Å². The van der Waals surface area contributed by atoms with E-state index in [9.17, 15) is 19.8 Å². The molecule has 0 aromatic carbocycles. The van der Waals surface area contributed by atoms with Crippen molar-refractivity contribution in [3.05, 3.63) is 12.2 Å². The Morgan fingerprint density at radius 2 is 1.68 bits per heavy atom. The van der Waals surface area contributed by atoms with Crippen LogP contribution in [0.1, 0.15) is 12.8 Å². The van der Waals surface area contributed by atoms with Crippen LogP contribution in [0.3, 0.4) is 0 Å². The summed E-state index contributed by atoms with van der Waals surface area (Å²) in [6.45, 7) is 0.150. The fraction of sp³-hybridized carbons (Fsp3) is 0.778. The van der Waals surface area contributed by atoms with Crippen LogP contribution in [0.5, 0.6) is 0 Å². The summed E-state index contributed by atoms with van der Waals surface area (Å²) in [5, 5.41) is 19.3. The summed E-state index contributed by atoms with van der Waals surface area (Å²) in [5.74, 6) is -3.20. The number of fused-ring (bicyclic) bond motifs is 2. The molecule has 2 aliphatic carbocycles. The second-order valence-electron chi connectivity index (χ2n) is 7.10. The predicted octanol–water partition coefficient (Wildman–Crippen LogP) is 0.698. The first-order valence-electron chi connectivity index (χ1n) is 9.36. The van der Waals surface area contributed by atoms with E-state index in [0.29, 0.717) is 25.5 Å². The maximum absolute atomic E-state index is 12.3. The molecule has 0 aromatic rings. The van der Waals surface area contributed by atoms with E-state index in [-0.39, 0.29) is 25.0 Å². The van der Waals surface area contributed by atoms with Crippen molar-refractivity contribution in [2.75, 3.05) is 41.2 Å². The van der Waals surface area contributed by atoms with Crippen molar-refractivity contribution in [1.82, 2.24) is 0 Å². The number of hydrogen-bond acceptors (Lipinski definition) is 8. The minimum Gasteiger partial charge on any atom is -0.481 e. The lowest BCUT2D eigenvalue weighted by molar-refractivity contribution is -0.161. The Morgan fingerprint density at radius 3 is 2.25 bits per heavy atom. The molecule has 2 aliphatic rings. The number of esters is 1. The highest BCUT2D eigenvalue weighted by Crippen LogP contribution is 2.48. The summed E-state index contributed by atoms with van der Waals surface area (Å²) in [5.41, 5.74) is 0. The lowest BCUT2D eigenvalue weighted by Crippen LogP contribution is -2.42. The fourth-order valence-corrected chi connectivity index (χ4v) is 5.66. The van der Waals surface area contributed by atoms with Gasteiger partial charge < -0.3 is 33.0 Å². The van der Waals surface area contributed by atoms with Crippen LogP contribution in [0.4, 0.5) is 0 Å². The van der Waals surface area contributed by atoms with Crippen LogP contribution < -0.4 is 0 Å². The van der Waals surface area contributed by atoms with E-state index in [1.54, 1.807) is 21.3 Å². The maximum atomic E-state index is 12.3. The van der Waals surface area contributed by atoms with Crippen molar-refractivity contribution < 1.29 is 42.6 Å². The largest absolute Gasteiger partial charge is 0.500 e. The average molecular weight is 419 g/mol. The predicted molar refractivity (Wildman–Crippen MR) is 99.3 cm³/mol. The monoisotopic (exact) mass is 418 g/mol. The summed E-state index contributed by atoms with van der Waals surface area (Å²) >= 11 is 0. The molecule has 0 spiro atoms. The van der Waals surface area contributed by atoms with Gasteiger partial charge in [0.2, 0.25) is 0 Å². The average Bonchev–Trinajstić information content (AvgIpc) is 3.31. The Kier molecular flexibility index (Phi) is 8.59. The molecule has 1 saturated carbocycles. The minimum absolute atomic E-state index is 0.00770. The van der Waals surface area contributed by atoms with Crippen LogP contribution in [0.15, 0.2) is 12.2 Å². The molecule has 28 heavy (non-hydrogen) atoms. The number of aliphatic hydroxyl groups excluding tert-OH is 1. The van der Waals surface area contributed by atoms with Gasteiger partial charge in [0.1, 0.15) is 12.7 Å². The molecule has 0 aliphatic heterocycles. The first-order valence-corrected chi connectivity index (χ1v) is 11.3. The van der Waals surface area contributed by atoms with Gasteiger partial charge in [-0.05, 0) is 24.7 Å². The zero-order valence-electron chi connectivity index (χ0n) is 16.5. The Bertz CT molecular complexity index is 555. The van der Waals surface area contributed by atoms with Crippen LogP contribution in [0, 0.1) is 23.7 Å². The fourth-order valence-electron chi connectivity index (χ4n) is 3.97. The van der Waals surface area contributed by atoms with Gasteiger partial charge in [-0.15, -0.1) is 0 Å². The van der Waals surface area contributed by atoms with Crippen molar-refractivity contribution in [1.29, 1.82) is 0 Å². The summed E-state index contributed by atoms with van der Waals surface area (Å²) < 4.78 is 26.5. The van der Waals surface area contributed by atoms with Crippen LogP contribution in [-0.4, -0.2) is 78.2 Å². The molecule has 5 atom stereocenters. The van der Waals surface area contributed by atoms with Crippen molar-refractivity contribution in [2.45, 2.75) is 25.0 Å². The molecule has 5 unspecified atom stereocenters. The van der Waals surface area contributed by atoms with E-state index >= 15 is 0 Å². The van der Waals surface area contributed by atoms with Crippen molar-refractivity contribution in [2.24, 2.45) is 23.7 Å². The molecule has 2 rings (SSSR count). The van der Waals surface area contributed by atoms with Crippen molar-refractivity contribution in [3.8, 4) is 0 Å². The van der Waals surface area contributed by atoms with E-state index in [4.69, 9.17) is 22.8 Å². The SMILES string of the molecule is CO[Si](CCCOCC(O)COC(=O)C1C2C=CC(C2)C1C(=O)O)(OC)OC. The van der Waals surface area contributed by atoms with Crippen LogP contribution >= 0.6 is 0 Å². The Labute approximate surface area is 165 Å². The Hall–Kier alpha value is -1.30. The van der Waals surface area contributed by atoms with Gasteiger partial charge in [0, 0.05) is 34.0 Å². The lowest BCUT2D eigenvalue weighted by atomic mass is 9.83. The van der Waals surface area contributed by atoms with Crippen molar-refractivity contribution in [3.63, 3.8) is 0 Å². The van der Waals surface area contributed by atoms with Crippen LogP contribution in [0.25, 0.3) is 0 Å². The van der Waals surface area contributed by atoms with Gasteiger partial charge >= 0.3 is 20.7 Å². The topological polar surface area (TPSA) is 121 Å². The number of carboxylic acids is 1. The summed E-state index contributed by atoms with van der Waals surface area (Å²) in [4.78, 5) is 23.8. The number of ether oxygens (including phenoxy) is 2. The Morgan fingerprint density at radius 1 is 1.07 bits per heavy atom. The van der Waals surface area contributed by atoms with E-state index in [0.717, 1.165) is 0 Å². The summed E-state index contributed by atoms with van der Waals surface area (Å²) in [6.07, 6.45) is 4.07. The third kappa shape index (κ3) is 5.40. The molecule has 2 N–H and O–H groups in total. The summed E-state index contributed by atoms with van der Waals surface area (Å²) in [7, 11) is 1.99. The quantitative estimate of drug-likeness (QED) is 0.193. The highest BCUT2D eigenvalue weighted by molar-refractivity contribution is 6.60. The molecule has 1 fully saturated rings. The van der Waals surface area contributed by atoms with E-state index < -0.39 is 38.7 Å². The number of carbonyl (C=O) groups is 2. The molecule has 0 aromatic heterocycles. The highest BCUT2D eigenvalue weighted by Gasteiger charge is 2.52. The number of aliphatic carboxylic acids is 1. The molecule has 10 heteroatoms. The zero-order chi connectivity index (χ0) is 20.7. The van der Waals surface area contributed by atoms with Gasteiger partial charge in [-0.3, -0.25) is 9.59 Å². The molecule has 0 heterocycles. The van der Waals surface area contributed by atoms with E-state index in [2.05, 4.69) is 0 Å². The number of rotatable bonds is 13. The van der Waals surface area contributed by atoms with Crippen LogP contribution in [0.2, 0.25) is 6.04 Å². The smallest absolute Gasteiger partial charge is 0.481 e. The molecular weight excluding hydrogens is 388 g/mol. The number of hydrogen-bond donors (Lipinski definition) is 2. The first kappa shape index (κ1) is 23.0. The Balaban J connectivity index is 1.66.